The molecule has 2 aromatic rings. The van der Waals surface area contributed by atoms with Crippen molar-refractivity contribution in [2.75, 3.05) is 25.4 Å². The molecule has 2 heterocycles. The third kappa shape index (κ3) is 5.33. The molecule has 0 radical (unpaired) electrons. The van der Waals surface area contributed by atoms with Gasteiger partial charge in [0.1, 0.15) is 11.6 Å². The molecule has 1 aromatic heterocycles. The molecule has 0 spiro atoms. The first kappa shape index (κ1) is 23.2. The highest BCUT2D eigenvalue weighted by Crippen LogP contribution is 2.27. The summed E-state index contributed by atoms with van der Waals surface area (Å²) in [6.07, 6.45) is 3.15. The number of hydrogen-bond acceptors (Lipinski definition) is 5. The molecule has 1 atom stereocenters. The minimum Gasteiger partial charge on any atom is -0.330 e. The van der Waals surface area contributed by atoms with E-state index in [4.69, 9.17) is 5.73 Å². The topological polar surface area (TPSA) is 60.0 Å². The van der Waals surface area contributed by atoms with Crippen molar-refractivity contribution < 1.29 is 4.39 Å². The van der Waals surface area contributed by atoms with Crippen molar-refractivity contribution in [3.05, 3.63) is 35.9 Å². The molecule has 2 N–H and O–H groups in total. The van der Waals surface area contributed by atoms with Gasteiger partial charge in [-0.1, -0.05) is 18.7 Å². The van der Waals surface area contributed by atoms with Crippen LogP contribution in [0.5, 0.6) is 0 Å². The lowest BCUT2D eigenvalue weighted by molar-refractivity contribution is 0.287. The quantitative estimate of drug-likeness (QED) is 0.694. The SMILES string of the molecule is CCN1CCCC1CSc1nnc(CCN)n1-c1ccc(F)cc1.Cl.Cl. The summed E-state index contributed by atoms with van der Waals surface area (Å²) in [6, 6.07) is 7.04. The molecule has 0 aliphatic carbocycles. The van der Waals surface area contributed by atoms with Gasteiger partial charge in [-0.3, -0.25) is 9.47 Å². The number of aromatic nitrogens is 3. The lowest BCUT2D eigenvalue weighted by Gasteiger charge is -2.22. The van der Waals surface area contributed by atoms with E-state index in [0.29, 0.717) is 19.0 Å². The summed E-state index contributed by atoms with van der Waals surface area (Å²) in [5.74, 6) is 1.58. The second kappa shape index (κ2) is 11.1. The van der Waals surface area contributed by atoms with Gasteiger partial charge in [0.25, 0.3) is 0 Å². The molecule has 1 unspecified atom stereocenters. The van der Waals surface area contributed by atoms with E-state index in [-0.39, 0.29) is 30.6 Å². The molecule has 26 heavy (non-hydrogen) atoms. The molecule has 146 valence electrons. The minimum atomic E-state index is -0.244. The summed E-state index contributed by atoms with van der Waals surface area (Å²) < 4.78 is 15.2. The summed E-state index contributed by atoms with van der Waals surface area (Å²) in [5.41, 5.74) is 6.58. The lowest BCUT2D eigenvalue weighted by atomic mass is 10.2. The van der Waals surface area contributed by atoms with Crippen LogP contribution in [-0.2, 0) is 6.42 Å². The Kier molecular flexibility index (Phi) is 9.89. The zero-order valence-corrected chi connectivity index (χ0v) is 17.3. The van der Waals surface area contributed by atoms with Gasteiger partial charge in [-0.15, -0.1) is 35.0 Å². The van der Waals surface area contributed by atoms with Gasteiger partial charge in [-0.25, -0.2) is 4.39 Å². The van der Waals surface area contributed by atoms with Gasteiger partial charge in [0.2, 0.25) is 0 Å². The van der Waals surface area contributed by atoms with Crippen LogP contribution in [-0.4, -0.2) is 51.1 Å². The first-order chi connectivity index (χ1) is 11.7. The summed E-state index contributed by atoms with van der Waals surface area (Å²) >= 11 is 1.72. The maximum atomic E-state index is 13.2. The van der Waals surface area contributed by atoms with Gasteiger partial charge in [0, 0.05) is 23.9 Å². The predicted octanol–water partition coefficient (Wildman–Crippen LogP) is 3.33. The van der Waals surface area contributed by atoms with Crippen LogP contribution in [0.25, 0.3) is 5.69 Å². The van der Waals surface area contributed by atoms with E-state index >= 15 is 0 Å². The van der Waals surface area contributed by atoms with Gasteiger partial charge < -0.3 is 5.73 Å². The average Bonchev–Trinajstić information content (AvgIpc) is 3.20. The maximum absolute atomic E-state index is 13.2. The Balaban J connectivity index is 0.00000169. The third-order valence-electron chi connectivity index (χ3n) is 4.46. The van der Waals surface area contributed by atoms with Crippen molar-refractivity contribution >= 4 is 36.6 Å². The molecule has 9 heteroatoms. The van der Waals surface area contributed by atoms with Gasteiger partial charge in [0.15, 0.2) is 5.16 Å². The summed E-state index contributed by atoms with van der Waals surface area (Å²) in [4.78, 5) is 2.52. The number of nitrogens with two attached hydrogens (primary N) is 1. The van der Waals surface area contributed by atoms with Crippen molar-refractivity contribution in [1.82, 2.24) is 19.7 Å². The van der Waals surface area contributed by atoms with Crippen LogP contribution in [0.4, 0.5) is 4.39 Å². The fourth-order valence-corrected chi connectivity index (χ4v) is 4.36. The van der Waals surface area contributed by atoms with E-state index in [1.165, 1.54) is 31.5 Å². The molecular weight excluding hydrogens is 396 g/mol. The smallest absolute Gasteiger partial charge is 0.195 e. The number of halogens is 3. The Morgan fingerprint density at radius 3 is 2.62 bits per heavy atom. The van der Waals surface area contributed by atoms with Crippen LogP contribution in [0.15, 0.2) is 29.4 Å². The standard InChI is InChI=1S/C17H24FN5S.2ClH/c1-2-22-11-3-4-15(22)12-24-17-21-20-16(9-10-19)23(17)14-7-5-13(18)6-8-14;;/h5-8,15H,2-4,9-12,19H2,1H3;2*1H. The molecule has 3 rings (SSSR count). The van der Waals surface area contributed by atoms with E-state index < -0.39 is 0 Å². The van der Waals surface area contributed by atoms with Crippen molar-refractivity contribution in [2.24, 2.45) is 5.73 Å². The van der Waals surface area contributed by atoms with E-state index in [1.54, 1.807) is 23.9 Å². The zero-order chi connectivity index (χ0) is 16.9. The molecule has 0 amide bonds. The summed E-state index contributed by atoms with van der Waals surface area (Å²) in [6.45, 7) is 5.00. The fourth-order valence-electron chi connectivity index (χ4n) is 3.21. The van der Waals surface area contributed by atoms with Crippen molar-refractivity contribution in [3.63, 3.8) is 0 Å². The largest absolute Gasteiger partial charge is 0.330 e. The number of benzene rings is 1. The predicted molar refractivity (Wildman–Crippen MR) is 110 cm³/mol. The van der Waals surface area contributed by atoms with Gasteiger partial charge in [-0.2, -0.15) is 0 Å². The average molecular weight is 422 g/mol. The highest BCUT2D eigenvalue weighted by atomic mass is 35.5. The summed E-state index contributed by atoms with van der Waals surface area (Å²) in [5, 5.41) is 9.50. The molecule has 0 bridgehead atoms. The summed E-state index contributed by atoms with van der Waals surface area (Å²) in [7, 11) is 0. The number of hydrogen-bond donors (Lipinski definition) is 1. The zero-order valence-electron chi connectivity index (χ0n) is 14.8. The Hall–Kier alpha value is -0.860. The highest BCUT2D eigenvalue weighted by molar-refractivity contribution is 7.99. The van der Waals surface area contributed by atoms with Gasteiger partial charge in [0.05, 0.1) is 0 Å². The van der Waals surface area contributed by atoms with Crippen LogP contribution >= 0.6 is 36.6 Å². The minimum absolute atomic E-state index is 0. The van der Waals surface area contributed by atoms with Crippen LogP contribution < -0.4 is 5.73 Å². The van der Waals surface area contributed by atoms with E-state index in [0.717, 1.165) is 29.0 Å². The number of rotatable bonds is 7. The van der Waals surface area contributed by atoms with Crippen molar-refractivity contribution in [3.8, 4) is 5.69 Å². The fraction of sp³-hybridized carbons (Fsp3) is 0.529. The monoisotopic (exact) mass is 421 g/mol. The van der Waals surface area contributed by atoms with Crippen LogP contribution in [0.2, 0.25) is 0 Å². The van der Waals surface area contributed by atoms with E-state index in [9.17, 15) is 4.39 Å². The van der Waals surface area contributed by atoms with E-state index in [2.05, 4.69) is 22.0 Å². The normalized spacial score (nSPS) is 17.0. The van der Waals surface area contributed by atoms with Gasteiger partial charge >= 0.3 is 0 Å². The second-order valence-corrected chi connectivity index (χ2v) is 6.97. The first-order valence-electron chi connectivity index (χ1n) is 8.50. The molecule has 1 aromatic carbocycles. The highest BCUT2D eigenvalue weighted by Gasteiger charge is 2.24. The Morgan fingerprint density at radius 1 is 1.23 bits per heavy atom. The maximum Gasteiger partial charge on any atom is 0.195 e. The molecule has 5 nitrogen and oxygen atoms in total. The van der Waals surface area contributed by atoms with Crippen molar-refractivity contribution in [2.45, 2.75) is 37.4 Å². The number of thioether (sulfide) groups is 1. The molecule has 0 saturated carbocycles. The molecule has 1 aliphatic rings. The van der Waals surface area contributed by atoms with E-state index in [1.807, 2.05) is 4.57 Å². The number of nitrogens with zero attached hydrogens (tertiary/aromatic N) is 4. The second-order valence-electron chi connectivity index (χ2n) is 5.98. The Morgan fingerprint density at radius 2 is 1.96 bits per heavy atom. The van der Waals surface area contributed by atoms with Crippen molar-refractivity contribution in [1.29, 1.82) is 0 Å². The third-order valence-corrected chi connectivity index (χ3v) is 5.54. The van der Waals surface area contributed by atoms with Crippen LogP contribution in [0, 0.1) is 5.82 Å². The Bertz CT molecular complexity index is 668. The Labute approximate surface area is 170 Å². The molecular formula is C17H26Cl2FN5S. The van der Waals surface area contributed by atoms with Crippen LogP contribution in [0.1, 0.15) is 25.6 Å². The van der Waals surface area contributed by atoms with Crippen LogP contribution in [0.3, 0.4) is 0 Å². The first-order valence-corrected chi connectivity index (χ1v) is 9.48. The molecule has 1 fully saturated rings. The molecule has 1 saturated heterocycles. The van der Waals surface area contributed by atoms with Gasteiger partial charge in [-0.05, 0) is 56.7 Å². The molecule has 1 aliphatic heterocycles. The lowest BCUT2D eigenvalue weighted by Crippen LogP contribution is -2.31. The number of likely N-dealkylation sites (tertiary alicyclic amines) is 1.